The van der Waals surface area contributed by atoms with Crippen molar-refractivity contribution in [3.05, 3.63) is 29.8 Å². The molecule has 2 fully saturated rings. The number of amides is 1. The molecule has 2 aliphatic carbocycles. The lowest BCUT2D eigenvalue weighted by atomic mass is 9.98. The van der Waals surface area contributed by atoms with Crippen LogP contribution in [0.4, 0.5) is 5.69 Å². The third-order valence-corrected chi connectivity index (χ3v) is 7.78. The lowest BCUT2D eigenvalue weighted by molar-refractivity contribution is -0.121. The molecule has 26 heavy (non-hydrogen) atoms. The maximum absolute atomic E-state index is 12.6. The van der Waals surface area contributed by atoms with Gasteiger partial charge in [0.1, 0.15) is 0 Å². The summed E-state index contributed by atoms with van der Waals surface area (Å²) in [4.78, 5) is 12.4. The van der Waals surface area contributed by atoms with Crippen LogP contribution in [0.3, 0.4) is 0 Å². The molecule has 0 unspecified atom stereocenters. The molecule has 3 N–H and O–H groups in total. The van der Waals surface area contributed by atoms with Crippen LogP contribution >= 0.6 is 12.4 Å². The van der Waals surface area contributed by atoms with Gasteiger partial charge < -0.3 is 11.1 Å². The highest BCUT2D eigenvalue weighted by molar-refractivity contribution is 7.91. The van der Waals surface area contributed by atoms with E-state index < -0.39 is 15.4 Å². The Hall–Kier alpha value is -1.11. The van der Waals surface area contributed by atoms with E-state index in [1.165, 1.54) is 0 Å². The minimum atomic E-state index is -3.15. The first kappa shape index (κ1) is 21.2. The second-order valence-electron chi connectivity index (χ2n) is 7.58. The van der Waals surface area contributed by atoms with Gasteiger partial charge in [-0.15, -0.1) is 12.4 Å². The van der Waals surface area contributed by atoms with Crippen molar-refractivity contribution in [1.29, 1.82) is 0 Å². The second kappa shape index (κ2) is 8.72. The van der Waals surface area contributed by atoms with Gasteiger partial charge in [-0.3, -0.25) is 4.79 Å². The minimum absolute atomic E-state index is 0. The normalized spacial score (nSPS) is 20.3. The molecule has 7 heteroatoms. The number of carbonyl (C=O) groups is 1. The predicted molar refractivity (Wildman–Crippen MR) is 107 cm³/mol. The maximum atomic E-state index is 12.6. The van der Waals surface area contributed by atoms with Crippen LogP contribution in [0.25, 0.3) is 0 Å². The van der Waals surface area contributed by atoms with Gasteiger partial charge in [0.25, 0.3) is 0 Å². The molecule has 0 bridgehead atoms. The molecular weight excluding hydrogens is 372 g/mol. The van der Waals surface area contributed by atoms with Gasteiger partial charge in [-0.2, -0.15) is 0 Å². The molecule has 146 valence electrons. The van der Waals surface area contributed by atoms with Gasteiger partial charge in [-0.1, -0.05) is 44.2 Å². The Bertz CT molecular complexity index is 724. The summed E-state index contributed by atoms with van der Waals surface area (Å²) in [5.74, 6) is -0.132. The Morgan fingerprint density at radius 3 is 2.42 bits per heavy atom. The van der Waals surface area contributed by atoms with Gasteiger partial charge in [0, 0.05) is 5.69 Å². The summed E-state index contributed by atoms with van der Waals surface area (Å²) < 4.78 is 25.3. The van der Waals surface area contributed by atoms with Crippen molar-refractivity contribution in [3.8, 4) is 0 Å². The fraction of sp³-hybridized carbons (Fsp3) is 0.632. The first-order valence-electron chi connectivity index (χ1n) is 9.30. The molecule has 0 saturated heterocycles. The average molecular weight is 401 g/mol. The largest absolute Gasteiger partial charge is 0.324 e. The summed E-state index contributed by atoms with van der Waals surface area (Å²) in [5, 5.41) is 2.65. The molecule has 0 aromatic heterocycles. The van der Waals surface area contributed by atoms with E-state index in [1.807, 2.05) is 6.07 Å². The number of carbonyl (C=O) groups excluding carboxylic acids is 1. The number of halogens is 1. The molecule has 1 aromatic carbocycles. The predicted octanol–water partition coefficient (Wildman–Crippen LogP) is 3.57. The Morgan fingerprint density at radius 1 is 1.12 bits per heavy atom. The highest BCUT2D eigenvalue weighted by Crippen LogP contribution is 2.29. The van der Waals surface area contributed by atoms with Crippen molar-refractivity contribution >= 4 is 33.8 Å². The van der Waals surface area contributed by atoms with E-state index in [-0.39, 0.29) is 29.3 Å². The van der Waals surface area contributed by atoms with E-state index in [1.54, 1.807) is 18.2 Å². The van der Waals surface area contributed by atoms with Gasteiger partial charge >= 0.3 is 0 Å². The molecule has 0 spiro atoms. The van der Waals surface area contributed by atoms with Crippen molar-refractivity contribution in [3.63, 3.8) is 0 Å². The molecule has 0 aliphatic heterocycles. The van der Waals surface area contributed by atoms with Crippen molar-refractivity contribution in [2.75, 3.05) is 5.32 Å². The number of anilines is 1. The number of nitrogens with one attached hydrogen (secondary N) is 1. The molecule has 2 aliphatic rings. The fourth-order valence-electron chi connectivity index (χ4n) is 4.00. The Labute approximate surface area is 162 Å². The van der Waals surface area contributed by atoms with Crippen molar-refractivity contribution in [2.24, 2.45) is 5.73 Å². The first-order valence-corrected chi connectivity index (χ1v) is 11.0. The summed E-state index contributed by atoms with van der Waals surface area (Å²) in [6.45, 7) is 0. The number of nitrogens with two attached hydrogens (primary N) is 1. The van der Waals surface area contributed by atoms with Gasteiger partial charge in [0.15, 0.2) is 9.84 Å². The molecule has 0 atom stereocenters. The summed E-state index contributed by atoms with van der Waals surface area (Å²) in [6, 6.07) is 7.15. The molecule has 5 nitrogen and oxygen atoms in total. The lowest BCUT2D eigenvalue weighted by Crippen LogP contribution is -2.48. The molecule has 2 saturated carbocycles. The van der Waals surface area contributed by atoms with Crippen LogP contribution in [0.15, 0.2) is 24.3 Å². The van der Waals surface area contributed by atoms with Crippen LogP contribution in [-0.4, -0.2) is 25.1 Å². The average Bonchev–Trinajstić information content (AvgIpc) is 3.04. The third kappa shape index (κ3) is 4.99. The van der Waals surface area contributed by atoms with Crippen molar-refractivity contribution < 1.29 is 13.2 Å². The maximum Gasteiger partial charge on any atom is 0.244 e. The van der Waals surface area contributed by atoms with E-state index in [0.29, 0.717) is 18.5 Å². The molecule has 0 radical (unpaired) electrons. The van der Waals surface area contributed by atoms with Gasteiger partial charge in [-0.05, 0) is 43.4 Å². The number of hydrogen-bond donors (Lipinski definition) is 2. The topological polar surface area (TPSA) is 89.3 Å². The van der Waals surface area contributed by atoms with Crippen molar-refractivity contribution in [2.45, 2.75) is 74.3 Å². The monoisotopic (exact) mass is 400 g/mol. The highest BCUT2D eigenvalue weighted by Gasteiger charge is 2.37. The van der Waals surface area contributed by atoms with E-state index >= 15 is 0 Å². The zero-order valence-corrected chi connectivity index (χ0v) is 16.7. The van der Waals surface area contributed by atoms with Crippen LogP contribution in [-0.2, 0) is 20.4 Å². The van der Waals surface area contributed by atoms with Crippen LogP contribution in [0.2, 0.25) is 0 Å². The first-order chi connectivity index (χ1) is 11.9. The summed E-state index contributed by atoms with van der Waals surface area (Å²) in [7, 11) is -3.15. The fourth-order valence-corrected chi connectivity index (χ4v) is 5.93. The second-order valence-corrected chi connectivity index (χ2v) is 9.87. The quantitative estimate of drug-likeness (QED) is 0.790. The molecule has 3 rings (SSSR count). The molecule has 1 amide bonds. The summed E-state index contributed by atoms with van der Waals surface area (Å²) in [5.41, 5.74) is 6.74. The highest BCUT2D eigenvalue weighted by atomic mass is 35.5. The Balaban J connectivity index is 0.00000243. The number of benzene rings is 1. The Kier molecular flexibility index (Phi) is 7.11. The number of rotatable bonds is 5. The Morgan fingerprint density at radius 2 is 1.77 bits per heavy atom. The van der Waals surface area contributed by atoms with E-state index in [9.17, 15) is 13.2 Å². The minimum Gasteiger partial charge on any atom is -0.324 e. The number of sulfone groups is 1. The summed E-state index contributed by atoms with van der Waals surface area (Å²) in [6.07, 6.45) is 8.03. The van der Waals surface area contributed by atoms with E-state index in [0.717, 1.165) is 50.5 Å². The lowest BCUT2D eigenvalue weighted by Gasteiger charge is -2.23. The van der Waals surface area contributed by atoms with Crippen molar-refractivity contribution in [1.82, 2.24) is 0 Å². The van der Waals surface area contributed by atoms with Crippen LogP contribution in [0, 0.1) is 0 Å². The standard InChI is InChI=1S/C19H28N2O3S.ClH/c20-19(11-4-5-12-19)18(22)21-16-8-6-7-15(13-16)14-25(23,24)17-9-2-1-3-10-17;/h6-8,13,17H,1-5,9-12,14,20H2,(H,21,22);1H. The van der Waals surface area contributed by atoms with Gasteiger partial charge in [0.2, 0.25) is 5.91 Å². The molecule has 0 heterocycles. The SMILES string of the molecule is Cl.NC1(C(=O)Nc2cccc(CS(=O)(=O)C3CCCCC3)c2)CCCC1. The zero-order chi connectivity index (χ0) is 17.9. The van der Waals surface area contributed by atoms with Gasteiger partial charge in [-0.25, -0.2) is 8.42 Å². The molecule has 1 aromatic rings. The summed E-state index contributed by atoms with van der Waals surface area (Å²) >= 11 is 0. The van der Waals surface area contributed by atoms with Crippen LogP contribution in [0.1, 0.15) is 63.4 Å². The van der Waals surface area contributed by atoms with E-state index in [4.69, 9.17) is 5.73 Å². The third-order valence-electron chi connectivity index (χ3n) is 5.56. The zero-order valence-electron chi connectivity index (χ0n) is 15.1. The number of hydrogen-bond acceptors (Lipinski definition) is 4. The van der Waals surface area contributed by atoms with E-state index in [2.05, 4.69) is 5.32 Å². The smallest absolute Gasteiger partial charge is 0.244 e. The van der Waals surface area contributed by atoms with Crippen LogP contribution < -0.4 is 11.1 Å². The van der Waals surface area contributed by atoms with Crippen LogP contribution in [0.5, 0.6) is 0 Å². The molecular formula is C19H29ClN2O3S. The van der Waals surface area contributed by atoms with Gasteiger partial charge in [0.05, 0.1) is 16.5 Å².